The molecule has 112 valence electrons. The van der Waals surface area contributed by atoms with Gasteiger partial charge in [0.15, 0.2) is 0 Å². The largest absolute Gasteiger partial charge is 0.465 e. The summed E-state index contributed by atoms with van der Waals surface area (Å²) in [4.78, 5) is 19.9. The van der Waals surface area contributed by atoms with E-state index < -0.39 is 5.97 Å². The van der Waals surface area contributed by atoms with Crippen LogP contribution in [-0.2, 0) is 9.47 Å². The summed E-state index contributed by atoms with van der Waals surface area (Å²) in [6.07, 6.45) is 1.86. The number of aromatic nitrogens is 2. The molecule has 0 radical (unpaired) electrons. The van der Waals surface area contributed by atoms with Crippen LogP contribution in [0.25, 0.3) is 0 Å². The first-order valence-electron chi connectivity index (χ1n) is 6.41. The van der Waals surface area contributed by atoms with Crippen molar-refractivity contribution < 1.29 is 14.3 Å². The molecule has 1 rings (SSSR count). The number of methoxy groups -OCH3 is 2. The number of anilines is 1. The Balaban J connectivity index is 3.10. The highest BCUT2D eigenvalue weighted by atomic mass is 35.5. The fourth-order valence-corrected chi connectivity index (χ4v) is 2.14. The van der Waals surface area contributed by atoms with E-state index in [9.17, 15) is 4.79 Å². The molecular formula is C13H20ClN3O3. The molecule has 0 saturated heterocycles. The highest BCUT2D eigenvalue weighted by Gasteiger charge is 2.21. The third kappa shape index (κ3) is 4.31. The maximum absolute atomic E-state index is 11.8. The fourth-order valence-electron chi connectivity index (χ4n) is 1.93. The number of nitrogens with zero attached hydrogens (tertiary/aromatic N) is 2. The Morgan fingerprint density at radius 1 is 1.40 bits per heavy atom. The van der Waals surface area contributed by atoms with Gasteiger partial charge in [0.2, 0.25) is 5.28 Å². The van der Waals surface area contributed by atoms with Crippen LogP contribution < -0.4 is 5.32 Å². The van der Waals surface area contributed by atoms with Gasteiger partial charge in [-0.05, 0) is 24.9 Å². The lowest BCUT2D eigenvalue weighted by Gasteiger charge is -2.20. The van der Waals surface area contributed by atoms with E-state index in [4.69, 9.17) is 21.1 Å². The van der Waals surface area contributed by atoms with Gasteiger partial charge in [-0.3, -0.25) is 0 Å². The molecule has 0 fully saturated rings. The molecule has 0 aromatic carbocycles. The first kappa shape index (κ1) is 16.7. The SMILES string of the molecule is CCC[C@@H](COC)Nc1nc(Cl)nc(C)c1C(=O)OC. The Hall–Kier alpha value is -1.40. The third-order valence-electron chi connectivity index (χ3n) is 2.80. The Morgan fingerprint density at radius 3 is 2.65 bits per heavy atom. The molecule has 0 spiro atoms. The molecule has 1 aromatic rings. The van der Waals surface area contributed by atoms with Gasteiger partial charge in [0, 0.05) is 7.11 Å². The van der Waals surface area contributed by atoms with Crippen LogP contribution in [0.3, 0.4) is 0 Å². The molecule has 6 nitrogen and oxygen atoms in total. The van der Waals surface area contributed by atoms with Crippen LogP contribution in [0.1, 0.15) is 35.8 Å². The minimum Gasteiger partial charge on any atom is -0.465 e. The molecular weight excluding hydrogens is 282 g/mol. The zero-order valence-electron chi connectivity index (χ0n) is 12.2. The molecule has 0 amide bonds. The van der Waals surface area contributed by atoms with Crippen molar-refractivity contribution in [2.24, 2.45) is 0 Å². The predicted octanol–water partition coefficient (Wildman–Crippen LogP) is 2.45. The summed E-state index contributed by atoms with van der Waals surface area (Å²) in [5.74, 6) is -0.112. The lowest BCUT2D eigenvalue weighted by molar-refractivity contribution is 0.0600. The van der Waals surface area contributed by atoms with Gasteiger partial charge in [-0.1, -0.05) is 13.3 Å². The number of carbonyl (C=O) groups is 1. The molecule has 1 N–H and O–H groups in total. The molecule has 0 bridgehead atoms. The summed E-state index contributed by atoms with van der Waals surface area (Å²) in [7, 11) is 2.95. The van der Waals surface area contributed by atoms with Crippen molar-refractivity contribution in [1.82, 2.24) is 9.97 Å². The monoisotopic (exact) mass is 301 g/mol. The van der Waals surface area contributed by atoms with Gasteiger partial charge in [-0.15, -0.1) is 0 Å². The standard InChI is InChI=1S/C13H20ClN3O3/c1-5-6-9(7-19-3)16-11-10(12(18)20-4)8(2)15-13(14)17-11/h9H,5-7H2,1-4H3,(H,15,16,17)/t9-/m0/s1. The number of aryl methyl sites for hydroxylation is 1. The number of hydrogen-bond acceptors (Lipinski definition) is 6. The maximum atomic E-state index is 11.8. The van der Waals surface area contributed by atoms with Crippen molar-refractivity contribution >= 4 is 23.4 Å². The molecule has 1 atom stereocenters. The average Bonchev–Trinajstić information content (AvgIpc) is 2.38. The maximum Gasteiger partial charge on any atom is 0.343 e. The number of ether oxygens (including phenoxy) is 2. The van der Waals surface area contributed by atoms with Crippen LogP contribution in [0.15, 0.2) is 0 Å². The van der Waals surface area contributed by atoms with Crippen LogP contribution in [-0.4, -0.2) is 42.8 Å². The molecule has 20 heavy (non-hydrogen) atoms. The van der Waals surface area contributed by atoms with E-state index in [2.05, 4.69) is 22.2 Å². The van der Waals surface area contributed by atoms with Crippen molar-refractivity contribution in [2.45, 2.75) is 32.7 Å². The van der Waals surface area contributed by atoms with Gasteiger partial charge in [0.25, 0.3) is 0 Å². The van der Waals surface area contributed by atoms with Crippen LogP contribution >= 0.6 is 11.6 Å². The second kappa shape index (κ2) is 8.01. The molecule has 1 aromatic heterocycles. The van der Waals surface area contributed by atoms with Gasteiger partial charge < -0.3 is 14.8 Å². The minimum absolute atomic E-state index is 0.0405. The van der Waals surface area contributed by atoms with Gasteiger partial charge >= 0.3 is 5.97 Å². The number of carbonyl (C=O) groups excluding carboxylic acids is 1. The smallest absolute Gasteiger partial charge is 0.343 e. The predicted molar refractivity (Wildman–Crippen MR) is 77.3 cm³/mol. The zero-order valence-corrected chi connectivity index (χ0v) is 13.0. The van der Waals surface area contributed by atoms with E-state index in [-0.39, 0.29) is 11.3 Å². The second-order valence-electron chi connectivity index (χ2n) is 4.38. The average molecular weight is 302 g/mol. The Labute approximate surface area is 123 Å². The van der Waals surface area contributed by atoms with Crippen molar-refractivity contribution in [3.05, 3.63) is 16.5 Å². The fraction of sp³-hybridized carbons (Fsp3) is 0.615. The first-order valence-corrected chi connectivity index (χ1v) is 6.79. The van der Waals surface area contributed by atoms with Crippen molar-refractivity contribution in [3.8, 4) is 0 Å². The normalized spacial score (nSPS) is 12.1. The zero-order chi connectivity index (χ0) is 15.1. The van der Waals surface area contributed by atoms with Crippen LogP contribution in [0, 0.1) is 6.92 Å². The molecule has 0 aliphatic carbocycles. The molecule has 0 saturated carbocycles. The highest BCUT2D eigenvalue weighted by Crippen LogP contribution is 2.21. The number of hydrogen-bond donors (Lipinski definition) is 1. The lowest BCUT2D eigenvalue weighted by Crippen LogP contribution is -2.27. The van der Waals surface area contributed by atoms with Crippen molar-refractivity contribution in [1.29, 1.82) is 0 Å². The summed E-state index contributed by atoms with van der Waals surface area (Å²) in [5.41, 5.74) is 0.779. The Morgan fingerprint density at radius 2 is 2.10 bits per heavy atom. The number of rotatable bonds is 7. The molecule has 0 aliphatic heterocycles. The van der Waals surface area contributed by atoms with E-state index in [1.807, 2.05) is 0 Å². The third-order valence-corrected chi connectivity index (χ3v) is 2.97. The lowest BCUT2D eigenvalue weighted by atomic mass is 10.1. The summed E-state index contributed by atoms with van der Waals surface area (Å²) in [5, 5.41) is 3.27. The summed E-state index contributed by atoms with van der Waals surface area (Å²) in [6.45, 7) is 4.27. The molecule has 0 unspecified atom stereocenters. The van der Waals surface area contributed by atoms with Crippen LogP contribution in [0.2, 0.25) is 5.28 Å². The highest BCUT2D eigenvalue weighted by molar-refractivity contribution is 6.28. The van der Waals surface area contributed by atoms with Gasteiger partial charge in [0.1, 0.15) is 11.4 Å². The van der Waals surface area contributed by atoms with Crippen molar-refractivity contribution in [3.63, 3.8) is 0 Å². The minimum atomic E-state index is -0.491. The van der Waals surface area contributed by atoms with Crippen molar-refractivity contribution in [2.75, 3.05) is 26.1 Å². The molecule has 0 aliphatic rings. The van der Waals surface area contributed by atoms with Gasteiger partial charge in [0.05, 0.1) is 25.5 Å². The van der Waals surface area contributed by atoms with Crippen LogP contribution in [0.5, 0.6) is 0 Å². The van der Waals surface area contributed by atoms with E-state index >= 15 is 0 Å². The van der Waals surface area contributed by atoms with Crippen LogP contribution in [0.4, 0.5) is 5.82 Å². The van der Waals surface area contributed by atoms with E-state index in [0.717, 1.165) is 12.8 Å². The van der Waals surface area contributed by atoms with Gasteiger partial charge in [-0.25, -0.2) is 9.78 Å². The summed E-state index contributed by atoms with van der Waals surface area (Å²) >= 11 is 5.86. The number of halogens is 1. The Kier molecular flexibility index (Phi) is 6.67. The van der Waals surface area contributed by atoms with E-state index in [0.29, 0.717) is 23.7 Å². The summed E-state index contributed by atoms with van der Waals surface area (Å²) in [6, 6.07) is 0.0405. The molecule has 1 heterocycles. The topological polar surface area (TPSA) is 73.3 Å². The Bertz CT molecular complexity index is 462. The number of nitrogens with one attached hydrogen (secondary N) is 1. The quantitative estimate of drug-likeness (QED) is 0.616. The summed E-state index contributed by atoms with van der Waals surface area (Å²) < 4.78 is 9.93. The van der Waals surface area contributed by atoms with Gasteiger partial charge in [-0.2, -0.15) is 4.98 Å². The van der Waals surface area contributed by atoms with E-state index in [1.165, 1.54) is 7.11 Å². The van der Waals surface area contributed by atoms with E-state index in [1.54, 1.807) is 14.0 Å². The number of esters is 1. The molecule has 7 heteroatoms. The first-order chi connectivity index (χ1) is 9.53. The second-order valence-corrected chi connectivity index (χ2v) is 4.72.